The second-order valence-electron chi connectivity index (χ2n) is 7.95. The minimum atomic E-state index is -4.41. The van der Waals surface area contributed by atoms with Crippen molar-refractivity contribution >= 4 is 23.6 Å². The predicted molar refractivity (Wildman–Crippen MR) is 88.8 cm³/mol. The number of aromatic nitrogens is 2. The molecular weight excluding hydrogens is 351 g/mol. The van der Waals surface area contributed by atoms with Crippen molar-refractivity contribution in [2.75, 3.05) is 0 Å². The minimum Gasteiger partial charge on any atom is -0.399 e. The van der Waals surface area contributed by atoms with Crippen LogP contribution in [0.15, 0.2) is 12.1 Å². The number of halogens is 4. The van der Waals surface area contributed by atoms with Gasteiger partial charge < -0.3 is 13.9 Å². The van der Waals surface area contributed by atoms with Gasteiger partial charge in [0.25, 0.3) is 0 Å². The Bertz CT molecular complexity index is 875. The minimum absolute atomic E-state index is 0.0470. The summed E-state index contributed by atoms with van der Waals surface area (Å²) in [5.74, 6) is -0.415. The van der Waals surface area contributed by atoms with E-state index in [1.54, 1.807) is 0 Å². The average molecular weight is 370 g/mol. The molecule has 1 atom stereocenters. The van der Waals surface area contributed by atoms with Gasteiger partial charge in [-0.1, -0.05) is 0 Å². The van der Waals surface area contributed by atoms with Crippen molar-refractivity contribution in [3.05, 3.63) is 23.8 Å². The normalized spacial score (nSPS) is 24.5. The van der Waals surface area contributed by atoms with Crippen LogP contribution in [0.3, 0.4) is 0 Å². The number of fused-ring (bicyclic) bond motifs is 3. The topological polar surface area (TPSA) is 36.3 Å². The van der Waals surface area contributed by atoms with Crippen LogP contribution in [0.2, 0.25) is 0 Å². The lowest BCUT2D eigenvalue weighted by Crippen LogP contribution is -2.41. The Balaban J connectivity index is 1.83. The predicted octanol–water partition coefficient (Wildman–Crippen LogP) is 3.52. The van der Waals surface area contributed by atoms with E-state index < -0.39 is 36.4 Å². The summed E-state index contributed by atoms with van der Waals surface area (Å²) in [6.45, 7) is 7.44. The van der Waals surface area contributed by atoms with Crippen molar-refractivity contribution in [1.29, 1.82) is 0 Å². The first-order valence-electron chi connectivity index (χ1n) is 8.53. The third kappa shape index (κ3) is 2.47. The molecule has 4 nitrogen and oxygen atoms in total. The van der Waals surface area contributed by atoms with Crippen molar-refractivity contribution in [2.24, 2.45) is 0 Å². The Morgan fingerprint density at radius 1 is 1.15 bits per heavy atom. The molecular formula is C17H19BF4N2O2. The van der Waals surface area contributed by atoms with Crippen LogP contribution in [-0.4, -0.2) is 34.0 Å². The molecule has 0 N–H and O–H groups in total. The Morgan fingerprint density at radius 2 is 1.77 bits per heavy atom. The summed E-state index contributed by atoms with van der Waals surface area (Å²) in [6, 6.07) is 1.05. The second-order valence-corrected chi connectivity index (χ2v) is 7.95. The van der Waals surface area contributed by atoms with E-state index in [-0.39, 0.29) is 29.7 Å². The molecule has 0 radical (unpaired) electrons. The molecule has 0 saturated carbocycles. The fourth-order valence-electron chi connectivity index (χ4n) is 3.57. The van der Waals surface area contributed by atoms with Gasteiger partial charge in [-0.2, -0.15) is 13.2 Å². The number of hydrogen-bond acceptors (Lipinski definition) is 3. The van der Waals surface area contributed by atoms with E-state index in [4.69, 9.17) is 9.31 Å². The standard InChI is InChI=1S/C17H19BF4N2O2/c1-15(2)16(3,4)26-18(25-15)9-7-10(19)14-11(8-9)24-12(17(20,21)22)5-6-13(24)23-14/h7-8,12H,5-6H2,1-4H3/t12-/m0/s1. The largest absolute Gasteiger partial charge is 0.495 e. The number of benzene rings is 1. The summed E-state index contributed by atoms with van der Waals surface area (Å²) in [5.41, 5.74) is -0.823. The zero-order chi connectivity index (χ0) is 19.1. The lowest BCUT2D eigenvalue weighted by Gasteiger charge is -2.32. The van der Waals surface area contributed by atoms with Crippen LogP contribution in [0.1, 0.15) is 46.0 Å². The van der Waals surface area contributed by atoms with Gasteiger partial charge in [-0.3, -0.25) is 0 Å². The number of alkyl halides is 3. The van der Waals surface area contributed by atoms with Crippen LogP contribution in [0, 0.1) is 5.82 Å². The summed E-state index contributed by atoms with van der Waals surface area (Å²) in [5, 5.41) is 0. The highest BCUT2D eigenvalue weighted by atomic mass is 19.4. The number of hydrogen-bond donors (Lipinski definition) is 0. The van der Waals surface area contributed by atoms with Crippen molar-refractivity contribution in [2.45, 2.75) is 64.0 Å². The van der Waals surface area contributed by atoms with Crippen LogP contribution in [-0.2, 0) is 15.7 Å². The van der Waals surface area contributed by atoms with Crippen LogP contribution >= 0.6 is 0 Å². The van der Waals surface area contributed by atoms with Gasteiger partial charge in [0.15, 0.2) is 5.82 Å². The van der Waals surface area contributed by atoms with Gasteiger partial charge in [0.1, 0.15) is 17.4 Å². The lowest BCUT2D eigenvalue weighted by atomic mass is 9.79. The average Bonchev–Trinajstić information content (AvgIpc) is 3.09. The second kappa shape index (κ2) is 5.22. The van der Waals surface area contributed by atoms with Crippen molar-refractivity contribution < 1.29 is 26.9 Å². The van der Waals surface area contributed by atoms with Crippen LogP contribution in [0.25, 0.3) is 11.0 Å². The van der Waals surface area contributed by atoms with Gasteiger partial charge in [0, 0.05) is 6.42 Å². The Kier molecular flexibility index (Phi) is 3.57. The van der Waals surface area contributed by atoms with Crippen LogP contribution in [0.4, 0.5) is 17.6 Å². The van der Waals surface area contributed by atoms with E-state index in [1.807, 2.05) is 27.7 Å². The fraction of sp³-hybridized carbons (Fsp3) is 0.588. The summed E-state index contributed by atoms with van der Waals surface area (Å²) in [6.07, 6.45) is -4.32. The molecule has 3 heterocycles. The quantitative estimate of drug-likeness (QED) is 0.569. The summed E-state index contributed by atoms with van der Waals surface area (Å²) in [7, 11) is -0.851. The summed E-state index contributed by atoms with van der Waals surface area (Å²) in [4.78, 5) is 4.09. The molecule has 0 amide bonds. The highest BCUT2D eigenvalue weighted by Crippen LogP contribution is 2.42. The monoisotopic (exact) mass is 370 g/mol. The molecule has 1 aromatic carbocycles. The van der Waals surface area contributed by atoms with Gasteiger partial charge in [0.2, 0.25) is 0 Å². The Labute approximate surface area is 148 Å². The molecule has 0 unspecified atom stereocenters. The van der Waals surface area contributed by atoms with Gasteiger partial charge >= 0.3 is 13.3 Å². The highest BCUT2D eigenvalue weighted by Gasteiger charge is 2.52. The third-order valence-electron chi connectivity index (χ3n) is 5.70. The van der Waals surface area contributed by atoms with E-state index in [0.29, 0.717) is 5.46 Å². The van der Waals surface area contributed by atoms with E-state index in [9.17, 15) is 17.6 Å². The number of rotatable bonds is 1. The van der Waals surface area contributed by atoms with E-state index >= 15 is 0 Å². The molecule has 0 aliphatic carbocycles. The van der Waals surface area contributed by atoms with E-state index in [0.717, 1.165) is 4.57 Å². The molecule has 2 aromatic rings. The molecule has 0 bridgehead atoms. The molecule has 2 aliphatic rings. The first kappa shape index (κ1) is 17.8. The number of imidazole rings is 1. The number of aryl methyl sites for hydroxylation is 1. The molecule has 4 rings (SSSR count). The molecule has 9 heteroatoms. The van der Waals surface area contributed by atoms with Gasteiger partial charge in [-0.15, -0.1) is 0 Å². The van der Waals surface area contributed by atoms with Gasteiger partial charge in [0.05, 0.1) is 16.7 Å². The van der Waals surface area contributed by atoms with Crippen molar-refractivity contribution in [3.8, 4) is 0 Å². The molecule has 26 heavy (non-hydrogen) atoms. The maximum absolute atomic E-state index is 14.6. The van der Waals surface area contributed by atoms with Gasteiger partial charge in [-0.25, -0.2) is 9.37 Å². The van der Waals surface area contributed by atoms with E-state index in [1.165, 1.54) is 12.1 Å². The zero-order valence-electron chi connectivity index (χ0n) is 14.9. The molecule has 2 aliphatic heterocycles. The Morgan fingerprint density at radius 3 is 2.35 bits per heavy atom. The molecule has 0 spiro atoms. The molecule has 1 saturated heterocycles. The fourth-order valence-corrected chi connectivity index (χ4v) is 3.57. The maximum Gasteiger partial charge on any atom is 0.495 e. The first-order valence-corrected chi connectivity index (χ1v) is 8.53. The lowest BCUT2D eigenvalue weighted by molar-refractivity contribution is -0.164. The number of nitrogens with zero attached hydrogens (tertiary/aromatic N) is 2. The van der Waals surface area contributed by atoms with Gasteiger partial charge in [-0.05, 0) is 51.7 Å². The molecule has 1 aromatic heterocycles. The van der Waals surface area contributed by atoms with Crippen molar-refractivity contribution in [3.63, 3.8) is 0 Å². The van der Waals surface area contributed by atoms with Crippen molar-refractivity contribution in [1.82, 2.24) is 9.55 Å². The Hall–Kier alpha value is -1.61. The third-order valence-corrected chi connectivity index (χ3v) is 5.70. The summed E-state index contributed by atoms with van der Waals surface area (Å²) < 4.78 is 67.6. The zero-order valence-corrected chi connectivity index (χ0v) is 14.9. The smallest absolute Gasteiger partial charge is 0.399 e. The van der Waals surface area contributed by atoms with Crippen LogP contribution in [0.5, 0.6) is 0 Å². The van der Waals surface area contributed by atoms with E-state index in [2.05, 4.69) is 4.98 Å². The molecule has 1 fully saturated rings. The molecule has 140 valence electrons. The highest BCUT2D eigenvalue weighted by molar-refractivity contribution is 6.62. The SMILES string of the molecule is CC1(C)OB(c2cc(F)c3nc4n(c3c2)[C@H](C(F)(F)F)CC4)OC1(C)C. The maximum atomic E-state index is 14.6. The first-order chi connectivity index (χ1) is 11.9. The summed E-state index contributed by atoms with van der Waals surface area (Å²) >= 11 is 0. The van der Waals surface area contributed by atoms with Crippen LogP contribution < -0.4 is 5.46 Å².